The van der Waals surface area contributed by atoms with Gasteiger partial charge in [0, 0.05) is 29.2 Å². The van der Waals surface area contributed by atoms with Gasteiger partial charge in [-0.15, -0.1) is 0 Å². The summed E-state index contributed by atoms with van der Waals surface area (Å²) in [5.74, 6) is 0.975. The molecule has 0 N–H and O–H groups in total. The normalized spacial score (nSPS) is 16.7. The molecule has 4 aromatic rings. The molecule has 5 heteroatoms. The highest BCUT2D eigenvalue weighted by Crippen LogP contribution is 2.47. The Morgan fingerprint density at radius 1 is 1.00 bits per heavy atom. The summed E-state index contributed by atoms with van der Waals surface area (Å²) in [5.41, 5.74) is 4.94. The molecule has 0 radical (unpaired) electrons. The predicted molar refractivity (Wildman–Crippen MR) is 110 cm³/mol. The van der Waals surface area contributed by atoms with Gasteiger partial charge in [-0.3, -0.25) is 0 Å². The Balaban J connectivity index is 1.82. The summed E-state index contributed by atoms with van der Waals surface area (Å²) in [6, 6.07) is 12.8. The lowest BCUT2D eigenvalue weighted by molar-refractivity contribution is 0.601. The van der Waals surface area contributed by atoms with Crippen LogP contribution in [0, 0.1) is 6.92 Å². The van der Waals surface area contributed by atoms with Gasteiger partial charge >= 0.3 is 0 Å². The van der Waals surface area contributed by atoms with Crippen molar-refractivity contribution in [1.29, 1.82) is 0 Å². The molecule has 1 atom stereocenters. The van der Waals surface area contributed by atoms with E-state index in [2.05, 4.69) is 66.7 Å². The van der Waals surface area contributed by atoms with Crippen LogP contribution in [-0.4, -0.2) is 22.2 Å². The Bertz CT molecular complexity index is 1160. The van der Waals surface area contributed by atoms with Crippen molar-refractivity contribution in [2.75, 3.05) is 9.80 Å². The average Bonchev–Trinajstić information content (AvgIpc) is 3.17. The topological polar surface area (TPSA) is 45.4 Å². The van der Waals surface area contributed by atoms with Gasteiger partial charge in [0.25, 0.3) is 0 Å². The van der Waals surface area contributed by atoms with Crippen molar-refractivity contribution in [3.8, 4) is 0 Å². The van der Waals surface area contributed by atoms with E-state index in [1.807, 2.05) is 18.3 Å². The molecular formula is C22H22N4O. The molecule has 0 aliphatic carbocycles. The lowest BCUT2D eigenvalue weighted by Crippen LogP contribution is -2.42. The van der Waals surface area contributed by atoms with Crippen LogP contribution < -0.4 is 9.80 Å². The Hall–Kier alpha value is -3.08. The number of rotatable bonds is 2. The third kappa shape index (κ3) is 2.17. The smallest absolute Gasteiger partial charge is 0.227 e. The van der Waals surface area contributed by atoms with Crippen molar-refractivity contribution in [3.63, 3.8) is 0 Å². The second kappa shape index (κ2) is 5.71. The zero-order chi connectivity index (χ0) is 18.7. The van der Waals surface area contributed by atoms with Gasteiger partial charge in [-0.25, -0.2) is 9.97 Å². The first kappa shape index (κ1) is 16.1. The predicted octanol–water partition coefficient (Wildman–Crippen LogP) is 5.40. The van der Waals surface area contributed by atoms with E-state index >= 15 is 0 Å². The van der Waals surface area contributed by atoms with Crippen LogP contribution >= 0.6 is 0 Å². The minimum Gasteiger partial charge on any atom is -0.435 e. The molecule has 136 valence electrons. The number of nitrogens with zero attached hydrogens (tertiary/aromatic N) is 4. The van der Waals surface area contributed by atoms with Crippen molar-refractivity contribution in [3.05, 3.63) is 54.4 Å². The van der Waals surface area contributed by atoms with E-state index in [0.29, 0.717) is 11.8 Å². The third-order valence-electron chi connectivity index (χ3n) is 5.44. The van der Waals surface area contributed by atoms with E-state index in [-0.39, 0.29) is 6.17 Å². The van der Waals surface area contributed by atoms with E-state index in [0.717, 1.165) is 39.1 Å². The highest BCUT2D eigenvalue weighted by Gasteiger charge is 2.38. The third-order valence-corrected chi connectivity index (χ3v) is 5.44. The number of pyridine rings is 2. The largest absolute Gasteiger partial charge is 0.435 e. The summed E-state index contributed by atoms with van der Waals surface area (Å²) in [7, 11) is 0. The number of fused-ring (bicyclic) bond motifs is 4. The molecule has 0 amide bonds. The number of hydrogen-bond donors (Lipinski definition) is 0. The minimum absolute atomic E-state index is 0.139. The van der Waals surface area contributed by atoms with Crippen molar-refractivity contribution >= 4 is 39.3 Å². The fourth-order valence-corrected chi connectivity index (χ4v) is 4.34. The summed E-state index contributed by atoms with van der Waals surface area (Å²) < 4.78 is 6.24. The lowest BCUT2D eigenvalue weighted by atomic mass is 10.1. The molecular weight excluding hydrogens is 336 g/mol. The van der Waals surface area contributed by atoms with Gasteiger partial charge in [-0.05, 0) is 57.5 Å². The number of anilines is 3. The highest BCUT2D eigenvalue weighted by atomic mass is 16.3. The maximum atomic E-state index is 6.24. The molecule has 1 aliphatic heterocycles. The van der Waals surface area contributed by atoms with Gasteiger partial charge in [-0.1, -0.05) is 12.1 Å². The van der Waals surface area contributed by atoms with Crippen LogP contribution in [0.15, 0.2) is 53.2 Å². The number of furan rings is 1. The number of aryl methyl sites for hydroxylation is 1. The second-order valence-corrected chi connectivity index (χ2v) is 7.41. The minimum atomic E-state index is 0.139. The Morgan fingerprint density at radius 2 is 1.78 bits per heavy atom. The summed E-state index contributed by atoms with van der Waals surface area (Å²) in [5, 5.41) is 2.13. The SMILES string of the molecule is Cc1ccc2c(oc3ncccc32)c1N1c2ncccc2N(C(C)C)C1C. The van der Waals surface area contributed by atoms with E-state index < -0.39 is 0 Å². The van der Waals surface area contributed by atoms with Crippen LogP contribution in [-0.2, 0) is 0 Å². The fraction of sp³-hybridized carbons (Fsp3) is 0.273. The molecule has 0 saturated heterocycles. The number of hydrogen-bond acceptors (Lipinski definition) is 5. The zero-order valence-corrected chi connectivity index (χ0v) is 16.0. The zero-order valence-electron chi connectivity index (χ0n) is 16.0. The molecule has 0 bridgehead atoms. The van der Waals surface area contributed by atoms with Crippen LogP contribution in [0.25, 0.3) is 22.1 Å². The lowest BCUT2D eigenvalue weighted by Gasteiger charge is -2.33. The molecule has 5 rings (SSSR count). The second-order valence-electron chi connectivity index (χ2n) is 7.41. The molecule has 1 unspecified atom stereocenters. The van der Waals surface area contributed by atoms with Crippen LogP contribution in [0.1, 0.15) is 26.3 Å². The highest BCUT2D eigenvalue weighted by molar-refractivity contribution is 6.09. The van der Waals surface area contributed by atoms with E-state index in [1.54, 1.807) is 6.20 Å². The first-order valence-electron chi connectivity index (χ1n) is 9.37. The van der Waals surface area contributed by atoms with Crippen LogP contribution in [0.3, 0.4) is 0 Å². The van der Waals surface area contributed by atoms with Gasteiger partial charge in [0.1, 0.15) is 6.17 Å². The maximum absolute atomic E-state index is 6.24. The van der Waals surface area contributed by atoms with Crippen LogP contribution in [0.5, 0.6) is 0 Å². The summed E-state index contributed by atoms with van der Waals surface area (Å²) >= 11 is 0. The Kier molecular flexibility index (Phi) is 3.41. The molecule has 1 aliphatic rings. The molecule has 0 spiro atoms. The summed E-state index contributed by atoms with van der Waals surface area (Å²) in [6.07, 6.45) is 3.77. The molecule has 0 fully saturated rings. The first-order chi connectivity index (χ1) is 13.1. The van der Waals surface area contributed by atoms with Gasteiger partial charge in [-0.2, -0.15) is 0 Å². The van der Waals surface area contributed by atoms with Crippen molar-refractivity contribution < 1.29 is 4.42 Å². The van der Waals surface area contributed by atoms with Gasteiger partial charge in [0.2, 0.25) is 5.71 Å². The van der Waals surface area contributed by atoms with Crippen molar-refractivity contribution in [2.45, 2.75) is 39.9 Å². The number of benzene rings is 1. The summed E-state index contributed by atoms with van der Waals surface area (Å²) in [4.78, 5) is 13.8. The summed E-state index contributed by atoms with van der Waals surface area (Å²) in [6.45, 7) is 8.79. The Labute approximate surface area is 158 Å². The van der Waals surface area contributed by atoms with E-state index in [1.165, 1.54) is 0 Å². The van der Waals surface area contributed by atoms with Gasteiger partial charge in [0.05, 0.1) is 11.4 Å². The Morgan fingerprint density at radius 3 is 2.59 bits per heavy atom. The molecule has 3 aromatic heterocycles. The molecule has 0 saturated carbocycles. The van der Waals surface area contributed by atoms with Crippen LogP contribution in [0.2, 0.25) is 0 Å². The standard InChI is InChI=1S/C22H22N4O/c1-13(2)25-15(4)26(21-18(25)8-6-11-23-21)19-14(3)9-10-16-17-7-5-12-24-22(17)27-20(16)19/h5-13,15H,1-4H3. The monoisotopic (exact) mass is 358 g/mol. The van der Waals surface area contributed by atoms with E-state index in [9.17, 15) is 0 Å². The molecule has 4 heterocycles. The molecule has 1 aromatic carbocycles. The quantitative estimate of drug-likeness (QED) is 0.480. The van der Waals surface area contributed by atoms with Crippen molar-refractivity contribution in [1.82, 2.24) is 9.97 Å². The van der Waals surface area contributed by atoms with E-state index in [4.69, 9.17) is 9.40 Å². The number of aromatic nitrogens is 2. The van der Waals surface area contributed by atoms with Crippen LogP contribution in [0.4, 0.5) is 17.2 Å². The van der Waals surface area contributed by atoms with Gasteiger partial charge < -0.3 is 14.2 Å². The first-order valence-corrected chi connectivity index (χ1v) is 9.37. The average molecular weight is 358 g/mol. The molecule has 5 nitrogen and oxygen atoms in total. The molecule has 27 heavy (non-hydrogen) atoms. The fourth-order valence-electron chi connectivity index (χ4n) is 4.34. The van der Waals surface area contributed by atoms with Crippen molar-refractivity contribution in [2.24, 2.45) is 0 Å². The maximum Gasteiger partial charge on any atom is 0.227 e. The van der Waals surface area contributed by atoms with Gasteiger partial charge in [0.15, 0.2) is 11.4 Å².